The number of carbonyl (C=O) groups excluding carboxylic acids is 1. The van der Waals surface area contributed by atoms with Crippen LogP contribution in [0.5, 0.6) is 0 Å². The lowest BCUT2D eigenvalue weighted by Crippen LogP contribution is -2.33. The fourth-order valence-electron chi connectivity index (χ4n) is 2.87. The summed E-state index contributed by atoms with van der Waals surface area (Å²) in [6.07, 6.45) is 4.89. The molecule has 2 aromatic carbocycles. The van der Waals surface area contributed by atoms with Crippen molar-refractivity contribution < 1.29 is 9.18 Å². The summed E-state index contributed by atoms with van der Waals surface area (Å²) < 4.78 is 15.7. The molecule has 1 amide bonds. The highest BCUT2D eigenvalue weighted by Gasteiger charge is 2.34. The Kier molecular flexibility index (Phi) is 4.42. The van der Waals surface area contributed by atoms with Crippen molar-refractivity contribution in [1.82, 2.24) is 19.7 Å². The van der Waals surface area contributed by atoms with Gasteiger partial charge in [-0.25, -0.2) is 14.1 Å². The number of amides is 1. The number of rotatable bonds is 5. The van der Waals surface area contributed by atoms with Gasteiger partial charge in [0.15, 0.2) is 0 Å². The minimum atomic E-state index is -0.391. The monoisotopic (exact) mass is 370 g/mol. The van der Waals surface area contributed by atoms with Crippen molar-refractivity contribution in [3.8, 4) is 5.69 Å². The summed E-state index contributed by atoms with van der Waals surface area (Å²) in [4.78, 5) is 18.6. The fourth-order valence-corrected chi connectivity index (χ4v) is 3.09. The molecule has 0 saturated heterocycles. The van der Waals surface area contributed by atoms with Gasteiger partial charge in [0.1, 0.15) is 18.5 Å². The van der Waals surface area contributed by atoms with Crippen molar-refractivity contribution in [3.63, 3.8) is 0 Å². The molecule has 0 spiro atoms. The van der Waals surface area contributed by atoms with Gasteiger partial charge < -0.3 is 4.90 Å². The molecule has 0 N–H and O–H groups in total. The largest absolute Gasteiger partial charge is 0.331 e. The second kappa shape index (κ2) is 6.88. The maximum Gasteiger partial charge on any atom is 0.254 e. The first-order valence-electron chi connectivity index (χ1n) is 8.32. The third-order valence-electron chi connectivity index (χ3n) is 4.44. The number of hydrogen-bond donors (Lipinski definition) is 0. The zero-order valence-electron chi connectivity index (χ0n) is 13.8. The molecule has 0 atom stereocenters. The summed E-state index contributed by atoms with van der Waals surface area (Å²) in [6.45, 7) is 0.167. The molecule has 1 fully saturated rings. The first kappa shape index (κ1) is 16.7. The Labute approximate surface area is 155 Å². The average molecular weight is 371 g/mol. The molecule has 1 aliphatic carbocycles. The molecule has 1 aromatic heterocycles. The summed E-state index contributed by atoms with van der Waals surface area (Å²) in [5, 5.41) is 4.40. The molecule has 5 nitrogen and oxygen atoms in total. The van der Waals surface area contributed by atoms with Crippen LogP contribution in [0.15, 0.2) is 55.1 Å². The van der Waals surface area contributed by atoms with Crippen molar-refractivity contribution >= 4 is 17.5 Å². The minimum absolute atomic E-state index is 0.128. The maximum atomic E-state index is 14.1. The van der Waals surface area contributed by atoms with Gasteiger partial charge in [-0.2, -0.15) is 5.10 Å². The third-order valence-corrected chi connectivity index (χ3v) is 4.79. The molecule has 1 saturated carbocycles. The van der Waals surface area contributed by atoms with E-state index in [1.807, 2.05) is 12.1 Å². The van der Waals surface area contributed by atoms with E-state index in [4.69, 9.17) is 11.6 Å². The van der Waals surface area contributed by atoms with Gasteiger partial charge in [-0.15, -0.1) is 0 Å². The van der Waals surface area contributed by atoms with Crippen molar-refractivity contribution in [3.05, 3.63) is 77.1 Å². The zero-order valence-corrected chi connectivity index (χ0v) is 14.6. The van der Waals surface area contributed by atoms with Crippen LogP contribution in [0.1, 0.15) is 28.8 Å². The van der Waals surface area contributed by atoms with E-state index >= 15 is 0 Å². The van der Waals surface area contributed by atoms with Gasteiger partial charge in [0.05, 0.1) is 12.2 Å². The molecule has 1 heterocycles. The molecule has 4 rings (SSSR count). The highest BCUT2D eigenvalue weighted by atomic mass is 35.5. The van der Waals surface area contributed by atoms with E-state index in [2.05, 4.69) is 10.1 Å². The number of nitrogens with zero attached hydrogens (tertiary/aromatic N) is 4. The van der Waals surface area contributed by atoms with Gasteiger partial charge in [0.2, 0.25) is 0 Å². The molecular formula is C19H16ClFN4O. The van der Waals surface area contributed by atoms with Gasteiger partial charge in [0.25, 0.3) is 5.91 Å². The number of benzene rings is 2. The lowest BCUT2D eigenvalue weighted by Gasteiger charge is -2.23. The van der Waals surface area contributed by atoms with Gasteiger partial charge in [-0.1, -0.05) is 17.7 Å². The van der Waals surface area contributed by atoms with Gasteiger partial charge in [-0.3, -0.25) is 4.79 Å². The van der Waals surface area contributed by atoms with Crippen LogP contribution in [0.2, 0.25) is 5.02 Å². The highest BCUT2D eigenvalue weighted by molar-refractivity contribution is 6.31. The predicted octanol–water partition coefficient (Wildman–Crippen LogP) is 3.86. The topological polar surface area (TPSA) is 51.0 Å². The van der Waals surface area contributed by atoms with E-state index < -0.39 is 5.82 Å². The lowest BCUT2D eigenvalue weighted by atomic mass is 10.1. The molecule has 0 bridgehead atoms. The Bertz CT molecular complexity index is 903. The van der Waals surface area contributed by atoms with Crippen LogP contribution in [-0.4, -0.2) is 31.6 Å². The summed E-state index contributed by atoms with van der Waals surface area (Å²) >= 11 is 6.13. The van der Waals surface area contributed by atoms with Crippen molar-refractivity contribution in [1.29, 1.82) is 0 Å². The van der Waals surface area contributed by atoms with Crippen molar-refractivity contribution in [2.75, 3.05) is 0 Å². The molecule has 3 aromatic rings. The maximum absolute atomic E-state index is 14.1. The molecule has 0 aliphatic heterocycles. The molecule has 1 aliphatic rings. The normalized spacial score (nSPS) is 13.6. The molecule has 0 unspecified atom stereocenters. The molecule has 0 radical (unpaired) electrons. The second-order valence-corrected chi connectivity index (χ2v) is 6.66. The Morgan fingerprint density at radius 2 is 2.00 bits per heavy atom. The quantitative estimate of drug-likeness (QED) is 0.685. The number of aromatic nitrogens is 3. The molecular weight excluding hydrogens is 355 g/mol. The first-order valence-corrected chi connectivity index (χ1v) is 8.70. The van der Waals surface area contributed by atoms with E-state index in [1.54, 1.807) is 40.2 Å². The summed E-state index contributed by atoms with van der Waals surface area (Å²) in [5.74, 6) is -0.519. The summed E-state index contributed by atoms with van der Waals surface area (Å²) in [5.41, 5.74) is 1.72. The van der Waals surface area contributed by atoms with Crippen LogP contribution >= 0.6 is 11.6 Å². The Morgan fingerprint density at radius 1 is 1.23 bits per heavy atom. The SMILES string of the molecule is O=C(c1ccc(-n2cncn2)cc1)N(Cc1c(F)cccc1Cl)C1CC1. The van der Waals surface area contributed by atoms with E-state index in [-0.39, 0.29) is 18.5 Å². The number of hydrogen-bond acceptors (Lipinski definition) is 3. The Hall–Kier alpha value is -2.73. The van der Waals surface area contributed by atoms with E-state index in [9.17, 15) is 9.18 Å². The van der Waals surface area contributed by atoms with Gasteiger partial charge in [-0.05, 0) is 49.2 Å². The molecule has 7 heteroatoms. The summed E-state index contributed by atoms with van der Waals surface area (Å²) in [6, 6.07) is 11.8. The molecule has 132 valence electrons. The van der Waals surface area contributed by atoms with Gasteiger partial charge >= 0.3 is 0 Å². The number of halogens is 2. The average Bonchev–Trinajstić information content (AvgIpc) is 3.34. The van der Waals surface area contributed by atoms with Crippen LogP contribution < -0.4 is 0 Å². The predicted molar refractivity (Wildman–Crippen MR) is 95.7 cm³/mol. The van der Waals surface area contributed by atoms with Crippen LogP contribution in [0.3, 0.4) is 0 Å². The third kappa shape index (κ3) is 3.32. The van der Waals surface area contributed by atoms with Crippen LogP contribution in [-0.2, 0) is 6.54 Å². The van der Waals surface area contributed by atoms with E-state index in [0.29, 0.717) is 16.1 Å². The van der Waals surface area contributed by atoms with Crippen LogP contribution in [0, 0.1) is 5.82 Å². The van der Waals surface area contributed by atoms with Crippen molar-refractivity contribution in [2.24, 2.45) is 0 Å². The van der Waals surface area contributed by atoms with Gasteiger partial charge in [0, 0.05) is 22.2 Å². The Balaban J connectivity index is 1.58. The van der Waals surface area contributed by atoms with E-state index in [1.165, 1.54) is 12.4 Å². The highest BCUT2D eigenvalue weighted by Crippen LogP contribution is 2.32. The van der Waals surface area contributed by atoms with E-state index in [0.717, 1.165) is 18.5 Å². The number of carbonyl (C=O) groups is 1. The standard InChI is InChI=1S/C19H16ClFN4O/c20-17-2-1-3-18(21)16(17)10-24(14-8-9-14)19(26)13-4-6-15(7-5-13)25-12-22-11-23-25/h1-7,11-12,14H,8-10H2. The van der Waals surface area contributed by atoms with Crippen LogP contribution in [0.25, 0.3) is 5.69 Å². The lowest BCUT2D eigenvalue weighted by molar-refractivity contribution is 0.0728. The zero-order chi connectivity index (χ0) is 18.1. The molecule has 26 heavy (non-hydrogen) atoms. The second-order valence-electron chi connectivity index (χ2n) is 6.25. The smallest absolute Gasteiger partial charge is 0.254 e. The minimum Gasteiger partial charge on any atom is -0.331 e. The van der Waals surface area contributed by atoms with Crippen LogP contribution in [0.4, 0.5) is 4.39 Å². The fraction of sp³-hybridized carbons (Fsp3) is 0.211. The van der Waals surface area contributed by atoms with Crippen molar-refractivity contribution in [2.45, 2.75) is 25.4 Å². The Morgan fingerprint density at radius 3 is 2.62 bits per heavy atom. The first-order chi connectivity index (χ1) is 12.6. The summed E-state index contributed by atoms with van der Waals surface area (Å²) in [7, 11) is 0.